The Kier molecular flexibility index (Phi) is 3.57. The van der Waals surface area contributed by atoms with Crippen LogP contribution in [-0.2, 0) is 0 Å². The lowest BCUT2D eigenvalue weighted by Crippen LogP contribution is -2.58. The molecule has 0 aromatic carbocycles. The molecule has 0 aromatic rings. The zero-order valence-corrected chi connectivity index (χ0v) is 12.5. The van der Waals surface area contributed by atoms with E-state index in [0.29, 0.717) is 12.1 Å². The van der Waals surface area contributed by atoms with Crippen LogP contribution in [0.1, 0.15) is 70.6 Å². The van der Waals surface area contributed by atoms with Crippen LogP contribution in [0.3, 0.4) is 0 Å². The van der Waals surface area contributed by atoms with E-state index < -0.39 is 0 Å². The highest BCUT2D eigenvalue weighted by molar-refractivity contribution is 5.00. The SMILES string of the molecule is O=NC1CC2CCCC(C1)N2C1CC2CCCC(C2)C1. The van der Waals surface area contributed by atoms with Gasteiger partial charge in [-0.05, 0) is 56.8 Å². The van der Waals surface area contributed by atoms with E-state index in [2.05, 4.69) is 10.1 Å². The molecule has 2 aliphatic carbocycles. The van der Waals surface area contributed by atoms with Crippen molar-refractivity contribution in [1.82, 2.24) is 4.90 Å². The number of fused-ring (bicyclic) bond motifs is 4. The molecule has 4 atom stereocenters. The molecule has 4 aliphatic rings. The summed E-state index contributed by atoms with van der Waals surface area (Å²) >= 11 is 0. The van der Waals surface area contributed by atoms with Gasteiger partial charge in [-0.3, -0.25) is 4.90 Å². The van der Waals surface area contributed by atoms with Crippen molar-refractivity contribution in [3.05, 3.63) is 4.91 Å². The normalized spacial score (nSPS) is 48.8. The van der Waals surface area contributed by atoms with E-state index in [9.17, 15) is 4.91 Å². The molecule has 0 radical (unpaired) electrons. The molecule has 20 heavy (non-hydrogen) atoms. The highest BCUT2D eigenvalue weighted by atomic mass is 16.3. The van der Waals surface area contributed by atoms with Gasteiger partial charge in [-0.1, -0.05) is 30.9 Å². The summed E-state index contributed by atoms with van der Waals surface area (Å²) in [5.74, 6) is 2.02. The molecule has 112 valence electrons. The molecule has 3 nitrogen and oxygen atoms in total. The number of nitrogens with zero attached hydrogens (tertiary/aromatic N) is 2. The van der Waals surface area contributed by atoms with Gasteiger partial charge >= 0.3 is 0 Å². The molecule has 0 aromatic heterocycles. The number of nitroso groups, excluding NO2 is 1. The smallest absolute Gasteiger partial charge is 0.0949 e. The molecule has 4 unspecified atom stereocenters. The summed E-state index contributed by atoms with van der Waals surface area (Å²) in [6.45, 7) is 0. The van der Waals surface area contributed by atoms with Crippen molar-refractivity contribution in [3.8, 4) is 0 Å². The molecule has 4 bridgehead atoms. The molecule has 0 spiro atoms. The van der Waals surface area contributed by atoms with Crippen LogP contribution >= 0.6 is 0 Å². The molecule has 2 saturated heterocycles. The van der Waals surface area contributed by atoms with Gasteiger partial charge in [0.05, 0.1) is 6.04 Å². The molecule has 3 heteroatoms. The van der Waals surface area contributed by atoms with E-state index in [1.807, 2.05) is 0 Å². The molecular formula is C17H28N2O. The minimum absolute atomic E-state index is 0.115. The molecule has 2 heterocycles. The predicted molar refractivity (Wildman–Crippen MR) is 80.6 cm³/mol. The lowest BCUT2D eigenvalue weighted by Gasteiger charge is -2.54. The lowest BCUT2D eigenvalue weighted by atomic mass is 9.68. The summed E-state index contributed by atoms with van der Waals surface area (Å²) in [5.41, 5.74) is 0. The molecular weight excluding hydrogens is 248 g/mol. The van der Waals surface area contributed by atoms with Gasteiger partial charge in [0, 0.05) is 18.1 Å². The third-order valence-electron chi connectivity index (χ3n) is 6.68. The van der Waals surface area contributed by atoms with Crippen molar-refractivity contribution in [3.63, 3.8) is 0 Å². The Morgan fingerprint density at radius 1 is 0.700 bits per heavy atom. The van der Waals surface area contributed by atoms with Gasteiger partial charge in [0.15, 0.2) is 0 Å². The van der Waals surface area contributed by atoms with Gasteiger partial charge in [0.2, 0.25) is 0 Å². The monoisotopic (exact) mass is 276 g/mol. The molecule has 4 rings (SSSR count). The predicted octanol–water partition coefficient (Wildman–Crippen LogP) is 4.11. The summed E-state index contributed by atoms with van der Waals surface area (Å²) in [6.07, 6.45) is 14.9. The number of piperidine rings is 2. The van der Waals surface area contributed by atoms with Gasteiger partial charge in [-0.15, -0.1) is 0 Å². The van der Waals surface area contributed by atoms with Crippen LogP contribution in [0.2, 0.25) is 0 Å². The van der Waals surface area contributed by atoms with Crippen molar-refractivity contribution in [1.29, 1.82) is 0 Å². The first kappa shape index (κ1) is 13.2. The molecule has 2 saturated carbocycles. The Morgan fingerprint density at radius 2 is 1.30 bits per heavy atom. The van der Waals surface area contributed by atoms with E-state index in [4.69, 9.17) is 0 Å². The molecule has 2 aliphatic heterocycles. The molecule has 0 N–H and O–H groups in total. The minimum Gasteiger partial charge on any atom is -0.294 e. The van der Waals surface area contributed by atoms with E-state index in [1.54, 1.807) is 0 Å². The second-order valence-corrected chi connectivity index (χ2v) is 7.94. The van der Waals surface area contributed by atoms with Crippen LogP contribution < -0.4 is 0 Å². The second kappa shape index (κ2) is 5.40. The first-order valence-corrected chi connectivity index (χ1v) is 8.93. The minimum atomic E-state index is 0.115. The average molecular weight is 276 g/mol. The van der Waals surface area contributed by atoms with Crippen molar-refractivity contribution in [2.45, 2.75) is 94.8 Å². The number of rotatable bonds is 2. The summed E-state index contributed by atoms with van der Waals surface area (Å²) in [7, 11) is 0. The zero-order chi connectivity index (χ0) is 13.5. The second-order valence-electron chi connectivity index (χ2n) is 7.94. The Labute approximate surface area is 122 Å². The highest BCUT2D eigenvalue weighted by Crippen LogP contribution is 2.45. The van der Waals surface area contributed by atoms with Crippen molar-refractivity contribution in [2.24, 2.45) is 17.0 Å². The Bertz CT molecular complexity index is 346. The van der Waals surface area contributed by atoms with Crippen LogP contribution in [0.15, 0.2) is 5.18 Å². The fraction of sp³-hybridized carbons (Fsp3) is 1.00. The molecule has 0 amide bonds. The number of hydrogen-bond acceptors (Lipinski definition) is 3. The van der Waals surface area contributed by atoms with E-state index in [0.717, 1.165) is 30.7 Å². The number of hydrogen-bond donors (Lipinski definition) is 0. The van der Waals surface area contributed by atoms with Gasteiger partial charge in [0.1, 0.15) is 0 Å². The van der Waals surface area contributed by atoms with Crippen molar-refractivity contribution >= 4 is 0 Å². The first-order chi connectivity index (χ1) is 9.83. The van der Waals surface area contributed by atoms with Crippen LogP contribution in [0.25, 0.3) is 0 Å². The highest BCUT2D eigenvalue weighted by Gasteiger charge is 2.44. The van der Waals surface area contributed by atoms with Crippen LogP contribution in [0.5, 0.6) is 0 Å². The summed E-state index contributed by atoms with van der Waals surface area (Å²) in [6, 6.07) is 2.30. The first-order valence-electron chi connectivity index (χ1n) is 8.93. The quantitative estimate of drug-likeness (QED) is 0.711. The van der Waals surface area contributed by atoms with E-state index in [-0.39, 0.29) is 6.04 Å². The van der Waals surface area contributed by atoms with Crippen molar-refractivity contribution in [2.75, 3.05) is 0 Å². The van der Waals surface area contributed by atoms with E-state index >= 15 is 0 Å². The Morgan fingerprint density at radius 3 is 1.90 bits per heavy atom. The van der Waals surface area contributed by atoms with Gasteiger partial charge < -0.3 is 0 Å². The topological polar surface area (TPSA) is 32.7 Å². The van der Waals surface area contributed by atoms with Crippen LogP contribution in [-0.4, -0.2) is 29.1 Å². The Hall–Kier alpha value is -0.440. The zero-order valence-electron chi connectivity index (χ0n) is 12.5. The summed E-state index contributed by atoms with van der Waals surface area (Å²) < 4.78 is 0. The van der Waals surface area contributed by atoms with Crippen molar-refractivity contribution < 1.29 is 0 Å². The summed E-state index contributed by atoms with van der Waals surface area (Å²) in [4.78, 5) is 13.8. The van der Waals surface area contributed by atoms with Gasteiger partial charge in [-0.25, -0.2) is 0 Å². The average Bonchev–Trinajstić information content (AvgIpc) is 2.45. The Balaban J connectivity index is 1.51. The van der Waals surface area contributed by atoms with Crippen LogP contribution in [0.4, 0.5) is 0 Å². The lowest BCUT2D eigenvalue weighted by molar-refractivity contribution is -0.0400. The van der Waals surface area contributed by atoms with Crippen LogP contribution in [0, 0.1) is 16.7 Å². The largest absolute Gasteiger partial charge is 0.294 e. The third kappa shape index (κ3) is 2.32. The maximum atomic E-state index is 11.0. The van der Waals surface area contributed by atoms with E-state index in [1.165, 1.54) is 57.8 Å². The maximum absolute atomic E-state index is 11.0. The summed E-state index contributed by atoms with van der Waals surface area (Å²) in [5, 5.41) is 3.39. The van der Waals surface area contributed by atoms with Gasteiger partial charge in [-0.2, -0.15) is 4.91 Å². The third-order valence-corrected chi connectivity index (χ3v) is 6.68. The maximum Gasteiger partial charge on any atom is 0.0949 e. The fourth-order valence-electron chi connectivity index (χ4n) is 6.01. The van der Waals surface area contributed by atoms with Gasteiger partial charge in [0.25, 0.3) is 0 Å². The standard InChI is InChI=1S/C17H28N2O/c20-18-14-10-15-5-2-6-16(11-14)19(15)17-8-12-3-1-4-13(7-12)9-17/h12-17H,1-11H2. The molecule has 4 fully saturated rings. The fourth-order valence-corrected chi connectivity index (χ4v) is 6.01.